The number of methoxy groups -OCH3 is 1. The van der Waals surface area contributed by atoms with Crippen LogP contribution in [0.25, 0.3) is 0 Å². The highest BCUT2D eigenvalue weighted by atomic mass is 16.5. The molecular formula is C16H26N2O. The lowest BCUT2D eigenvalue weighted by Gasteiger charge is -2.29. The van der Waals surface area contributed by atoms with Gasteiger partial charge in [0.2, 0.25) is 0 Å². The fourth-order valence-corrected chi connectivity index (χ4v) is 3.08. The number of hydrogen-bond acceptors (Lipinski definition) is 3. The highest BCUT2D eigenvalue weighted by molar-refractivity contribution is 5.50. The van der Waals surface area contributed by atoms with Crippen LogP contribution in [0.3, 0.4) is 0 Å². The fraction of sp³-hybridized carbons (Fsp3) is 0.625. The van der Waals surface area contributed by atoms with Gasteiger partial charge in [-0.05, 0) is 37.9 Å². The zero-order valence-corrected chi connectivity index (χ0v) is 12.4. The van der Waals surface area contributed by atoms with E-state index in [9.17, 15) is 0 Å². The van der Waals surface area contributed by atoms with Crippen LogP contribution in [0.1, 0.15) is 25.7 Å². The number of likely N-dealkylation sites (N-methyl/N-ethyl adjacent to an activating group) is 2. The Hall–Kier alpha value is -1.22. The monoisotopic (exact) mass is 262 g/mol. The van der Waals surface area contributed by atoms with Crippen LogP contribution in [0.15, 0.2) is 24.3 Å². The van der Waals surface area contributed by atoms with Gasteiger partial charge in [-0.25, -0.2) is 0 Å². The van der Waals surface area contributed by atoms with E-state index in [0.29, 0.717) is 6.04 Å². The van der Waals surface area contributed by atoms with Crippen molar-refractivity contribution in [2.24, 2.45) is 5.92 Å². The van der Waals surface area contributed by atoms with E-state index in [1.54, 1.807) is 7.11 Å². The highest BCUT2D eigenvalue weighted by Gasteiger charge is 2.24. The van der Waals surface area contributed by atoms with Gasteiger partial charge in [-0.1, -0.05) is 18.9 Å². The zero-order valence-electron chi connectivity index (χ0n) is 12.4. The van der Waals surface area contributed by atoms with Gasteiger partial charge in [-0.15, -0.1) is 0 Å². The standard InChI is InChI=1S/C16H26N2O/c1-17-16(13-7-4-5-8-13)12-18(2)14-9-6-10-15(11-14)19-3/h6,9-11,13,16-17H,4-5,7-8,12H2,1-3H3. The molecule has 0 heterocycles. The summed E-state index contributed by atoms with van der Waals surface area (Å²) in [5.74, 6) is 1.75. The lowest BCUT2D eigenvalue weighted by molar-refractivity contribution is 0.381. The Balaban J connectivity index is 1.99. The molecule has 0 spiro atoms. The van der Waals surface area contributed by atoms with E-state index in [2.05, 4.69) is 42.5 Å². The third-order valence-corrected chi connectivity index (χ3v) is 4.30. The first-order chi connectivity index (χ1) is 9.24. The first kappa shape index (κ1) is 14.2. The van der Waals surface area contributed by atoms with Crippen LogP contribution in [0.4, 0.5) is 5.69 Å². The van der Waals surface area contributed by atoms with Gasteiger partial charge in [-0.3, -0.25) is 0 Å². The number of ether oxygens (including phenoxy) is 1. The molecule has 3 nitrogen and oxygen atoms in total. The van der Waals surface area contributed by atoms with Gasteiger partial charge in [0.15, 0.2) is 0 Å². The molecule has 2 rings (SSSR count). The second kappa shape index (κ2) is 6.80. The summed E-state index contributed by atoms with van der Waals surface area (Å²) in [6.45, 7) is 1.05. The van der Waals surface area contributed by atoms with Crippen molar-refractivity contribution in [3.8, 4) is 5.75 Å². The second-order valence-electron chi connectivity index (χ2n) is 5.52. The van der Waals surface area contributed by atoms with Crippen molar-refractivity contribution in [2.45, 2.75) is 31.7 Å². The molecule has 0 saturated heterocycles. The number of nitrogens with one attached hydrogen (secondary N) is 1. The molecule has 1 saturated carbocycles. The van der Waals surface area contributed by atoms with Gasteiger partial charge >= 0.3 is 0 Å². The van der Waals surface area contributed by atoms with E-state index in [1.165, 1.54) is 31.4 Å². The minimum absolute atomic E-state index is 0.582. The Morgan fingerprint density at radius 2 is 2.11 bits per heavy atom. The Morgan fingerprint density at radius 3 is 2.74 bits per heavy atom. The summed E-state index contributed by atoms with van der Waals surface area (Å²) >= 11 is 0. The van der Waals surface area contributed by atoms with Crippen molar-refractivity contribution in [3.05, 3.63) is 24.3 Å². The van der Waals surface area contributed by atoms with E-state index in [-0.39, 0.29) is 0 Å². The molecule has 106 valence electrons. The van der Waals surface area contributed by atoms with Gasteiger partial charge in [-0.2, -0.15) is 0 Å². The molecule has 3 heteroatoms. The van der Waals surface area contributed by atoms with Crippen LogP contribution in [0.5, 0.6) is 5.75 Å². The zero-order chi connectivity index (χ0) is 13.7. The van der Waals surface area contributed by atoms with Gasteiger partial charge in [0.05, 0.1) is 7.11 Å². The van der Waals surface area contributed by atoms with Crippen LogP contribution in [0, 0.1) is 5.92 Å². The average molecular weight is 262 g/mol. The molecule has 0 bridgehead atoms. The molecule has 0 radical (unpaired) electrons. The summed E-state index contributed by atoms with van der Waals surface area (Å²) < 4.78 is 5.29. The summed E-state index contributed by atoms with van der Waals surface area (Å²) in [4.78, 5) is 2.32. The number of nitrogens with zero attached hydrogens (tertiary/aromatic N) is 1. The molecule has 1 unspecified atom stereocenters. The smallest absolute Gasteiger partial charge is 0.120 e. The Morgan fingerprint density at radius 1 is 1.37 bits per heavy atom. The van der Waals surface area contributed by atoms with E-state index in [1.807, 2.05) is 6.07 Å². The van der Waals surface area contributed by atoms with E-state index in [0.717, 1.165) is 18.2 Å². The van der Waals surface area contributed by atoms with E-state index in [4.69, 9.17) is 4.74 Å². The highest BCUT2D eigenvalue weighted by Crippen LogP contribution is 2.29. The van der Waals surface area contributed by atoms with Gasteiger partial charge in [0, 0.05) is 31.4 Å². The van der Waals surface area contributed by atoms with Crippen LogP contribution in [-0.2, 0) is 0 Å². The maximum Gasteiger partial charge on any atom is 0.120 e. The molecule has 0 aromatic heterocycles. The molecule has 1 aromatic carbocycles. The topological polar surface area (TPSA) is 24.5 Å². The minimum atomic E-state index is 0.582. The van der Waals surface area contributed by atoms with Crippen LogP contribution >= 0.6 is 0 Å². The summed E-state index contributed by atoms with van der Waals surface area (Å²) in [6.07, 6.45) is 5.53. The Bertz CT molecular complexity index is 388. The van der Waals surface area contributed by atoms with Crippen molar-refractivity contribution >= 4 is 5.69 Å². The van der Waals surface area contributed by atoms with Crippen molar-refractivity contribution in [2.75, 3.05) is 32.6 Å². The normalized spacial score (nSPS) is 17.4. The molecular weight excluding hydrogens is 236 g/mol. The second-order valence-corrected chi connectivity index (χ2v) is 5.52. The molecule has 1 N–H and O–H groups in total. The van der Waals surface area contributed by atoms with Crippen molar-refractivity contribution < 1.29 is 4.74 Å². The first-order valence-corrected chi connectivity index (χ1v) is 7.27. The van der Waals surface area contributed by atoms with Crippen LogP contribution in [-0.4, -0.2) is 33.8 Å². The maximum absolute atomic E-state index is 5.29. The maximum atomic E-state index is 5.29. The summed E-state index contributed by atoms with van der Waals surface area (Å²) in [7, 11) is 5.96. The number of benzene rings is 1. The third kappa shape index (κ3) is 3.63. The predicted molar refractivity (Wildman–Crippen MR) is 81.1 cm³/mol. The third-order valence-electron chi connectivity index (χ3n) is 4.30. The summed E-state index contributed by atoms with van der Waals surface area (Å²) in [5, 5.41) is 3.50. The van der Waals surface area contributed by atoms with Crippen molar-refractivity contribution in [1.29, 1.82) is 0 Å². The lowest BCUT2D eigenvalue weighted by Crippen LogP contribution is -2.42. The summed E-state index contributed by atoms with van der Waals surface area (Å²) in [6, 6.07) is 8.86. The minimum Gasteiger partial charge on any atom is -0.497 e. The fourth-order valence-electron chi connectivity index (χ4n) is 3.08. The molecule has 1 aliphatic carbocycles. The SMILES string of the molecule is CNC(CN(C)c1cccc(OC)c1)C1CCCC1. The molecule has 0 aliphatic heterocycles. The number of anilines is 1. The molecule has 1 atom stereocenters. The average Bonchev–Trinajstić information content (AvgIpc) is 2.98. The molecule has 1 aliphatic rings. The largest absolute Gasteiger partial charge is 0.497 e. The summed E-state index contributed by atoms with van der Waals surface area (Å²) in [5.41, 5.74) is 1.22. The molecule has 0 amide bonds. The van der Waals surface area contributed by atoms with Gasteiger partial charge in [0.1, 0.15) is 5.75 Å². The van der Waals surface area contributed by atoms with Crippen LogP contribution in [0.2, 0.25) is 0 Å². The number of hydrogen-bond donors (Lipinski definition) is 1. The molecule has 1 fully saturated rings. The van der Waals surface area contributed by atoms with Gasteiger partial charge < -0.3 is 15.0 Å². The molecule has 19 heavy (non-hydrogen) atoms. The molecule has 1 aromatic rings. The quantitative estimate of drug-likeness (QED) is 0.853. The lowest BCUT2D eigenvalue weighted by atomic mass is 9.97. The first-order valence-electron chi connectivity index (χ1n) is 7.27. The predicted octanol–water partition coefficient (Wildman–Crippen LogP) is 2.91. The van der Waals surface area contributed by atoms with E-state index < -0.39 is 0 Å². The van der Waals surface area contributed by atoms with Crippen LogP contribution < -0.4 is 15.0 Å². The Labute approximate surface area is 116 Å². The van der Waals surface area contributed by atoms with E-state index >= 15 is 0 Å². The van der Waals surface area contributed by atoms with Gasteiger partial charge in [0.25, 0.3) is 0 Å². The van der Waals surface area contributed by atoms with Crippen molar-refractivity contribution in [3.63, 3.8) is 0 Å². The van der Waals surface area contributed by atoms with Crippen molar-refractivity contribution in [1.82, 2.24) is 5.32 Å². The number of rotatable bonds is 6. The Kier molecular flexibility index (Phi) is 5.08.